The van der Waals surface area contributed by atoms with E-state index in [0.29, 0.717) is 0 Å². The molecular weight excluding hydrogens is 340 g/mol. The number of aryl methyl sites for hydroxylation is 1. The predicted molar refractivity (Wildman–Crippen MR) is 106 cm³/mol. The Kier molecular flexibility index (Phi) is 8.82. The quantitative estimate of drug-likeness (QED) is 0.396. The fraction of sp³-hybridized carbons (Fsp3) is 0.524. The van der Waals surface area contributed by atoms with E-state index in [2.05, 4.69) is 34.6 Å². The van der Waals surface area contributed by atoms with Gasteiger partial charge in [-0.2, -0.15) is 5.26 Å². The average Bonchev–Trinajstić information content (AvgIpc) is 2.71. The number of morpholine rings is 1. The van der Waals surface area contributed by atoms with Crippen LogP contribution in [0.5, 0.6) is 0 Å². The molecule has 1 amide bonds. The second-order valence-electron chi connectivity index (χ2n) is 6.72. The average molecular weight is 370 g/mol. The Bertz CT molecular complexity index is 658. The van der Waals surface area contributed by atoms with E-state index in [9.17, 15) is 10.1 Å². The maximum Gasteiger partial charge on any atom is 0.263 e. The topological polar surface area (TPSA) is 77.4 Å². The summed E-state index contributed by atoms with van der Waals surface area (Å²) < 4.78 is 5.33. The molecule has 1 atom stereocenters. The Hall–Kier alpha value is -2.36. The molecule has 146 valence electrons. The van der Waals surface area contributed by atoms with Crippen LogP contribution >= 0.6 is 0 Å². The van der Waals surface area contributed by atoms with Crippen molar-refractivity contribution in [3.8, 4) is 6.07 Å². The van der Waals surface area contributed by atoms with Gasteiger partial charge in [0.05, 0.1) is 19.3 Å². The van der Waals surface area contributed by atoms with Crippen LogP contribution < -0.4 is 10.6 Å². The van der Waals surface area contributed by atoms with Crippen LogP contribution in [0, 0.1) is 11.3 Å². The van der Waals surface area contributed by atoms with Crippen molar-refractivity contribution in [3.05, 3.63) is 47.2 Å². The molecule has 1 aliphatic rings. The van der Waals surface area contributed by atoms with Crippen LogP contribution in [0.3, 0.4) is 0 Å². The van der Waals surface area contributed by atoms with Crippen molar-refractivity contribution in [2.45, 2.75) is 32.7 Å². The smallest absolute Gasteiger partial charge is 0.263 e. The summed E-state index contributed by atoms with van der Waals surface area (Å²) in [7, 11) is 0. The van der Waals surface area contributed by atoms with Crippen molar-refractivity contribution in [1.29, 1.82) is 5.26 Å². The largest absolute Gasteiger partial charge is 0.390 e. The summed E-state index contributed by atoms with van der Waals surface area (Å²) in [4.78, 5) is 14.7. The van der Waals surface area contributed by atoms with Crippen molar-refractivity contribution >= 4 is 5.91 Å². The van der Waals surface area contributed by atoms with Gasteiger partial charge >= 0.3 is 0 Å². The predicted octanol–water partition coefficient (Wildman–Crippen LogP) is 2.15. The van der Waals surface area contributed by atoms with E-state index in [1.165, 1.54) is 11.8 Å². The Labute approximate surface area is 162 Å². The molecule has 0 bridgehead atoms. The van der Waals surface area contributed by atoms with Crippen molar-refractivity contribution in [2.75, 3.05) is 39.4 Å². The highest BCUT2D eigenvalue weighted by Crippen LogP contribution is 2.14. The van der Waals surface area contributed by atoms with Crippen molar-refractivity contribution < 1.29 is 9.53 Å². The zero-order valence-electron chi connectivity index (χ0n) is 16.3. The molecule has 6 nitrogen and oxygen atoms in total. The molecule has 1 fully saturated rings. The number of carbonyl (C=O) groups is 1. The van der Waals surface area contributed by atoms with Gasteiger partial charge in [-0.05, 0) is 37.4 Å². The van der Waals surface area contributed by atoms with Gasteiger partial charge in [-0.3, -0.25) is 9.69 Å². The van der Waals surface area contributed by atoms with E-state index in [0.717, 1.165) is 57.8 Å². The second-order valence-corrected chi connectivity index (χ2v) is 6.72. The normalized spacial score (nSPS) is 16.4. The van der Waals surface area contributed by atoms with Crippen LogP contribution in [0.25, 0.3) is 0 Å². The molecule has 1 saturated heterocycles. The van der Waals surface area contributed by atoms with Crippen LogP contribution in [-0.2, 0) is 16.0 Å². The first kappa shape index (κ1) is 20.9. The molecule has 0 saturated carbocycles. The number of benzene rings is 1. The van der Waals surface area contributed by atoms with E-state index < -0.39 is 0 Å². The lowest BCUT2D eigenvalue weighted by atomic mass is 10.0. The molecular formula is C21H30N4O2. The Balaban J connectivity index is 1.76. The van der Waals surface area contributed by atoms with Crippen molar-refractivity contribution in [2.24, 2.45) is 0 Å². The van der Waals surface area contributed by atoms with E-state index >= 15 is 0 Å². The maximum atomic E-state index is 12.3. The van der Waals surface area contributed by atoms with Gasteiger partial charge in [0.1, 0.15) is 11.6 Å². The number of rotatable bonds is 9. The van der Waals surface area contributed by atoms with E-state index in [1.54, 1.807) is 0 Å². The number of ether oxygens (including phenoxy) is 1. The number of nitrogens with zero attached hydrogens (tertiary/aromatic N) is 2. The minimum atomic E-state index is -0.356. The highest BCUT2D eigenvalue weighted by molar-refractivity contribution is 5.97. The summed E-state index contributed by atoms with van der Waals surface area (Å²) in [5.74, 6) is -0.356. The Morgan fingerprint density at radius 2 is 2.04 bits per heavy atom. The van der Waals surface area contributed by atoms with E-state index in [1.807, 2.05) is 25.1 Å². The lowest BCUT2D eigenvalue weighted by Gasteiger charge is -2.26. The summed E-state index contributed by atoms with van der Waals surface area (Å²) in [5, 5.41) is 15.2. The van der Waals surface area contributed by atoms with E-state index in [4.69, 9.17) is 4.74 Å². The van der Waals surface area contributed by atoms with E-state index in [-0.39, 0.29) is 17.5 Å². The Morgan fingerprint density at radius 1 is 1.33 bits per heavy atom. The third kappa shape index (κ3) is 7.05. The number of nitrogens with one attached hydrogen (secondary N) is 2. The zero-order valence-corrected chi connectivity index (χ0v) is 16.3. The van der Waals surface area contributed by atoms with Crippen LogP contribution in [0.15, 0.2) is 36.0 Å². The summed E-state index contributed by atoms with van der Waals surface area (Å²) in [6.45, 7) is 9.28. The summed E-state index contributed by atoms with van der Waals surface area (Å²) in [5.41, 5.74) is 2.38. The monoisotopic (exact) mass is 370 g/mol. The number of hydrogen-bond donors (Lipinski definition) is 2. The number of hydrogen-bond acceptors (Lipinski definition) is 5. The van der Waals surface area contributed by atoms with Crippen LogP contribution in [0.4, 0.5) is 0 Å². The molecule has 2 N–H and O–H groups in total. The maximum absolute atomic E-state index is 12.3. The molecule has 1 aliphatic heterocycles. The molecule has 1 aromatic carbocycles. The fourth-order valence-corrected chi connectivity index (χ4v) is 2.95. The lowest BCUT2D eigenvalue weighted by Crippen LogP contribution is -2.37. The van der Waals surface area contributed by atoms with Crippen LogP contribution in [0.2, 0.25) is 0 Å². The lowest BCUT2D eigenvalue weighted by molar-refractivity contribution is -0.117. The van der Waals surface area contributed by atoms with Gasteiger partial charge in [-0.1, -0.05) is 31.2 Å². The standard InChI is InChI=1S/C21H30N4O2/c1-3-18-5-7-19(8-6-18)17(2)24-21(26)20(15-22)16-23-9-4-10-25-11-13-27-14-12-25/h5-8,16-17,23H,3-4,9-14H2,1-2H3,(H,24,26)/b20-16-. The highest BCUT2D eigenvalue weighted by atomic mass is 16.5. The number of carbonyl (C=O) groups excluding carboxylic acids is 1. The van der Waals surface area contributed by atoms with Gasteiger partial charge in [-0.25, -0.2) is 0 Å². The van der Waals surface area contributed by atoms with Gasteiger partial charge in [0.25, 0.3) is 5.91 Å². The molecule has 1 aromatic rings. The fourth-order valence-electron chi connectivity index (χ4n) is 2.95. The van der Waals surface area contributed by atoms with Gasteiger partial charge < -0.3 is 15.4 Å². The van der Waals surface area contributed by atoms with Crippen LogP contribution in [-0.4, -0.2) is 50.2 Å². The summed E-state index contributed by atoms with van der Waals surface area (Å²) in [6, 6.07) is 9.99. The minimum absolute atomic E-state index is 0.0957. The van der Waals surface area contributed by atoms with Gasteiger partial charge in [-0.15, -0.1) is 0 Å². The second kappa shape index (κ2) is 11.4. The van der Waals surface area contributed by atoms with Crippen LogP contribution in [0.1, 0.15) is 37.4 Å². The van der Waals surface area contributed by atoms with Crippen molar-refractivity contribution in [1.82, 2.24) is 15.5 Å². The minimum Gasteiger partial charge on any atom is -0.390 e. The first-order chi connectivity index (χ1) is 13.1. The highest BCUT2D eigenvalue weighted by Gasteiger charge is 2.14. The number of nitriles is 1. The Morgan fingerprint density at radius 3 is 2.67 bits per heavy atom. The third-order valence-corrected chi connectivity index (χ3v) is 4.75. The SMILES string of the molecule is CCc1ccc(C(C)NC(=O)/C(C#N)=C\NCCCN2CCOCC2)cc1. The first-order valence-corrected chi connectivity index (χ1v) is 9.67. The van der Waals surface area contributed by atoms with Crippen molar-refractivity contribution in [3.63, 3.8) is 0 Å². The van der Waals surface area contributed by atoms with Gasteiger partial charge in [0.2, 0.25) is 0 Å². The summed E-state index contributed by atoms with van der Waals surface area (Å²) >= 11 is 0. The molecule has 1 unspecified atom stereocenters. The number of amides is 1. The molecule has 6 heteroatoms. The first-order valence-electron chi connectivity index (χ1n) is 9.67. The molecule has 1 heterocycles. The molecule has 0 radical (unpaired) electrons. The van der Waals surface area contributed by atoms with Gasteiger partial charge in [0.15, 0.2) is 0 Å². The zero-order chi connectivity index (χ0) is 19.5. The molecule has 0 aromatic heterocycles. The molecule has 27 heavy (non-hydrogen) atoms. The molecule has 2 rings (SSSR count). The van der Waals surface area contributed by atoms with Gasteiger partial charge in [0, 0.05) is 25.8 Å². The summed E-state index contributed by atoms with van der Waals surface area (Å²) in [6.07, 6.45) is 3.46. The molecule has 0 spiro atoms. The third-order valence-electron chi connectivity index (χ3n) is 4.75. The molecule has 0 aliphatic carbocycles.